The van der Waals surface area contributed by atoms with Crippen molar-refractivity contribution in [1.29, 1.82) is 0 Å². The highest BCUT2D eigenvalue weighted by Gasteiger charge is 2.29. The molecule has 1 saturated carbocycles. The molecule has 7 nitrogen and oxygen atoms in total. The van der Waals surface area contributed by atoms with Gasteiger partial charge in [-0.3, -0.25) is 4.79 Å². The number of thioether (sulfide) groups is 1. The highest BCUT2D eigenvalue weighted by atomic mass is 32.2. The number of anilines is 1. The predicted octanol–water partition coefficient (Wildman–Crippen LogP) is 2.92. The number of rotatable bonds is 6. The number of nitrogens with zero attached hydrogens (tertiary/aromatic N) is 5. The molecule has 0 aliphatic heterocycles. The Hall–Kier alpha value is -2.61. The maximum absolute atomic E-state index is 12.4. The Morgan fingerprint density at radius 1 is 1.27 bits per heavy atom. The molecule has 1 aromatic carbocycles. The molecule has 0 unspecified atom stereocenters. The molecule has 4 rings (SSSR count). The average Bonchev–Trinajstić information content (AvgIpc) is 3.32. The number of carbonyl (C=O) groups excluding carboxylic acids is 1. The highest BCUT2D eigenvalue weighted by Crippen LogP contribution is 2.39. The molecule has 1 N–H and O–H groups in total. The number of amides is 1. The minimum atomic E-state index is -0.0944. The van der Waals surface area contributed by atoms with Gasteiger partial charge in [0.25, 0.3) is 0 Å². The summed E-state index contributed by atoms with van der Waals surface area (Å²) < 4.78 is 3.74. The minimum Gasteiger partial charge on any atom is -0.310 e. The summed E-state index contributed by atoms with van der Waals surface area (Å²) in [5, 5.41) is 16.6. The van der Waals surface area contributed by atoms with E-state index >= 15 is 0 Å². The topological polar surface area (TPSA) is 77.6 Å². The Morgan fingerprint density at radius 3 is 2.77 bits per heavy atom. The Labute approximate surface area is 155 Å². The van der Waals surface area contributed by atoms with Crippen LogP contribution < -0.4 is 5.32 Å². The number of hydrogen-bond acceptors (Lipinski definition) is 5. The van der Waals surface area contributed by atoms with E-state index < -0.39 is 0 Å². The van der Waals surface area contributed by atoms with Gasteiger partial charge in [-0.05, 0) is 31.9 Å². The van der Waals surface area contributed by atoms with E-state index in [1.165, 1.54) is 24.6 Å². The molecule has 3 aromatic rings. The zero-order chi connectivity index (χ0) is 18.1. The van der Waals surface area contributed by atoms with Gasteiger partial charge in [0.1, 0.15) is 11.6 Å². The van der Waals surface area contributed by atoms with Gasteiger partial charge in [-0.1, -0.05) is 30.0 Å². The lowest BCUT2D eigenvalue weighted by atomic mass is 10.3. The first-order chi connectivity index (χ1) is 12.6. The highest BCUT2D eigenvalue weighted by molar-refractivity contribution is 7.99. The van der Waals surface area contributed by atoms with Crippen LogP contribution in [0, 0.1) is 6.92 Å². The van der Waals surface area contributed by atoms with Crippen molar-refractivity contribution in [2.45, 2.75) is 30.8 Å². The summed E-state index contributed by atoms with van der Waals surface area (Å²) in [6, 6.07) is 11.6. The van der Waals surface area contributed by atoms with Crippen LogP contribution >= 0.6 is 11.8 Å². The maximum Gasteiger partial charge on any atom is 0.236 e. The van der Waals surface area contributed by atoms with E-state index in [1.807, 2.05) is 54.9 Å². The molecular weight excluding hydrogens is 348 g/mol. The van der Waals surface area contributed by atoms with Gasteiger partial charge >= 0.3 is 0 Å². The Morgan fingerprint density at radius 2 is 2.04 bits per heavy atom. The maximum atomic E-state index is 12.4. The first-order valence-corrected chi connectivity index (χ1v) is 9.54. The molecule has 0 atom stereocenters. The van der Waals surface area contributed by atoms with Gasteiger partial charge in [-0.15, -0.1) is 10.2 Å². The molecule has 0 spiro atoms. The first-order valence-electron chi connectivity index (χ1n) is 8.56. The van der Waals surface area contributed by atoms with Gasteiger partial charge in [-0.2, -0.15) is 5.10 Å². The fourth-order valence-corrected chi connectivity index (χ4v) is 3.53. The second-order valence-corrected chi connectivity index (χ2v) is 7.37. The van der Waals surface area contributed by atoms with Gasteiger partial charge in [0.05, 0.1) is 17.1 Å². The van der Waals surface area contributed by atoms with E-state index in [1.54, 1.807) is 4.68 Å². The normalized spacial score (nSPS) is 13.8. The zero-order valence-corrected chi connectivity index (χ0v) is 15.5. The van der Waals surface area contributed by atoms with Crippen LogP contribution in [0.15, 0.2) is 41.6 Å². The SMILES string of the molecule is Cc1cc(NC(=O)CSc2nnc(C3CC3)n2C)n(-c2ccccc2)n1. The number of benzene rings is 1. The van der Waals surface area contributed by atoms with Gasteiger partial charge in [0, 0.05) is 19.0 Å². The summed E-state index contributed by atoms with van der Waals surface area (Å²) in [5.74, 6) is 2.40. The molecule has 1 aliphatic carbocycles. The molecule has 2 heterocycles. The molecule has 2 aromatic heterocycles. The molecule has 0 bridgehead atoms. The van der Waals surface area contributed by atoms with Crippen molar-refractivity contribution in [2.75, 3.05) is 11.1 Å². The Bertz CT molecular complexity index is 929. The van der Waals surface area contributed by atoms with Crippen molar-refractivity contribution >= 4 is 23.5 Å². The van der Waals surface area contributed by atoms with E-state index in [4.69, 9.17) is 0 Å². The van der Waals surface area contributed by atoms with Crippen LogP contribution in [0.5, 0.6) is 0 Å². The minimum absolute atomic E-state index is 0.0944. The van der Waals surface area contributed by atoms with Crippen molar-refractivity contribution < 1.29 is 4.79 Å². The largest absolute Gasteiger partial charge is 0.310 e. The average molecular weight is 368 g/mol. The molecule has 1 amide bonds. The lowest BCUT2D eigenvalue weighted by Gasteiger charge is -2.08. The van der Waals surface area contributed by atoms with E-state index in [2.05, 4.69) is 20.6 Å². The van der Waals surface area contributed by atoms with Gasteiger partial charge in [-0.25, -0.2) is 4.68 Å². The molecule has 1 fully saturated rings. The second-order valence-electron chi connectivity index (χ2n) is 6.43. The number of carbonyl (C=O) groups is 1. The lowest BCUT2D eigenvalue weighted by Crippen LogP contribution is -2.17. The smallest absolute Gasteiger partial charge is 0.236 e. The van der Waals surface area contributed by atoms with Crippen molar-refractivity contribution in [3.63, 3.8) is 0 Å². The standard InChI is InChI=1S/C18H20N6OS/c1-12-10-15(24(22-12)14-6-4-3-5-7-14)19-16(25)11-26-18-21-20-17(23(18)2)13-8-9-13/h3-7,10,13H,8-9,11H2,1-2H3,(H,19,25). The first kappa shape index (κ1) is 16.8. The summed E-state index contributed by atoms with van der Waals surface area (Å²) in [6.45, 7) is 1.91. The van der Waals surface area contributed by atoms with E-state index in [0.29, 0.717) is 11.7 Å². The van der Waals surface area contributed by atoms with Gasteiger partial charge < -0.3 is 9.88 Å². The van der Waals surface area contributed by atoms with Crippen molar-refractivity contribution in [1.82, 2.24) is 24.5 Å². The molecule has 134 valence electrons. The Kier molecular flexibility index (Phi) is 4.50. The van der Waals surface area contributed by atoms with Crippen LogP contribution in [0.25, 0.3) is 5.69 Å². The summed E-state index contributed by atoms with van der Waals surface area (Å²) in [5.41, 5.74) is 1.75. The monoisotopic (exact) mass is 368 g/mol. The van der Waals surface area contributed by atoms with Crippen LogP contribution in [0.4, 0.5) is 5.82 Å². The quantitative estimate of drug-likeness (QED) is 0.677. The van der Waals surface area contributed by atoms with Crippen molar-refractivity contribution in [3.05, 3.63) is 47.9 Å². The summed E-state index contributed by atoms with van der Waals surface area (Å²) in [7, 11) is 1.96. The number of aryl methyl sites for hydroxylation is 1. The molecular formula is C18H20N6OS. The lowest BCUT2D eigenvalue weighted by molar-refractivity contribution is -0.113. The summed E-state index contributed by atoms with van der Waals surface area (Å²) in [6.07, 6.45) is 2.36. The Balaban J connectivity index is 1.42. The van der Waals surface area contributed by atoms with Gasteiger partial charge in [0.15, 0.2) is 5.16 Å². The van der Waals surface area contributed by atoms with Crippen LogP contribution in [-0.4, -0.2) is 36.2 Å². The molecule has 0 saturated heterocycles. The molecule has 8 heteroatoms. The summed E-state index contributed by atoms with van der Waals surface area (Å²) >= 11 is 1.40. The number of hydrogen-bond donors (Lipinski definition) is 1. The van der Waals surface area contributed by atoms with Crippen molar-refractivity contribution in [3.8, 4) is 5.69 Å². The van der Waals surface area contributed by atoms with E-state index in [-0.39, 0.29) is 11.7 Å². The van der Waals surface area contributed by atoms with E-state index in [0.717, 1.165) is 22.4 Å². The molecule has 0 radical (unpaired) electrons. The third-order valence-electron chi connectivity index (χ3n) is 4.24. The van der Waals surface area contributed by atoms with Crippen molar-refractivity contribution in [2.24, 2.45) is 7.05 Å². The fraction of sp³-hybridized carbons (Fsp3) is 0.333. The molecule has 1 aliphatic rings. The third-order valence-corrected chi connectivity index (χ3v) is 5.26. The van der Waals surface area contributed by atoms with Crippen LogP contribution in [0.3, 0.4) is 0 Å². The predicted molar refractivity (Wildman–Crippen MR) is 101 cm³/mol. The third kappa shape index (κ3) is 3.50. The summed E-state index contributed by atoms with van der Waals surface area (Å²) in [4.78, 5) is 12.4. The van der Waals surface area contributed by atoms with Crippen LogP contribution in [-0.2, 0) is 11.8 Å². The van der Waals surface area contributed by atoms with Crippen LogP contribution in [0.2, 0.25) is 0 Å². The fourth-order valence-electron chi connectivity index (χ4n) is 2.81. The van der Waals surface area contributed by atoms with E-state index in [9.17, 15) is 4.79 Å². The number of para-hydroxylation sites is 1. The second kappa shape index (κ2) is 6.95. The number of aromatic nitrogens is 5. The zero-order valence-electron chi connectivity index (χ0n) is 14.7. The molecule has 26 heavy (non-hydrogen) atoms. The number of nitrogens with one attached hydrogen (secondary N) is 1. The van der Waals surface area contributed by atoms with Crippen LogP contribution in [0.1, 0.15) is 30.3 Å². The van der Waals surface area contributed by atoms with Gasteiger partial charge in [0.2, 0.25) is 5.91 Å².